The van der Waals surface area contributed by atoms with Crippen LogP contribution in [0.5, 0.6) is 0 Å². The Morgan fingerprint density at radius 2 is 1.91 bits per heavy atom. The molecule has 6 nitrogen and oxygen atoms in total. The third kappa shape index (κ3) is 5.22. The van der Waals surface area contributed by atoms with Crippen molar-refractivity contribution in [1.82, 2.24) is 15.5 Å². The van der Waals surface area contributed by atoms with Gasteiger partial charge in [-0.15, -0.1) is 12.4 Å². The minimum atomic E-state index is -4.67. The maximum absolute atomic E-state index is 12.4. The number of amides is 1. The summed E-state index contributed by atoms with van der Waals surface area (Å²) in [7, 11) is 1.74. The van der Waals surface area contributed by atoms with Gasteiger partial charge in [-0.1, -0.05) is 5.16 Å². The van der Waals surface area contributed by atoms with Gasteiger partial charge in [0.15, 0.2) is 0 Å². The summed E-state index contributed by atoms with van der Waals surface area (Å²) < 4.78 is 41.3. The van der Waals surface area contributed by atoms with Gasteiger partial charge in [-0.25, -0.2) is 0 Å². The average Bonchev–Trinajstić information content (AvgIpc) is 2.96. The molecule has 0 bridgehead atoms. The van der Waals surface area contributed by atoms with E-state index >= 15 is 0 Å². The topological polar surface area (TPSA) is 80.0 Å². The molecule has 0 unspecified atom stereocenters. The zero-order valence-corrected chi connectivity index (χ0v) is 12.8. The number of nitrogens with one attached hydrogen (secondary N) is 2. The van der Waals surface area contributed by atoms with E-state index in [4.69, 9.17) is 0 Å². The molecular formula is C13H14ClF3N4O2. The molecule has 0 fully saturated rings. The lowest BCUT2D eigenvalue weighted by Gasteiger charge is -2.05. The van der Waals surface area contributed by atoms with Crippen LogP contribution in [0.4, 0.5) is 18.9 Å². The first-order valence-electron chi connectivity index (χ1n) is 6.36. The summed E-state index contributed by atoms with van der Waals surface area (Å²) in [6, 6.07) is 6.10. The van der Waals surface area contributed by atoms with Gasteiger partial charge in [0.05, 0.1) is 0 Å². The summed E-state index contributed by atoms with van der Waals surface area (Å²) in [4.78, 5) is 14.8. The third-order valence-electron chi connectivity index (χ3n) is 2.70. The molecule has 0 aliphatic heterocycles. The normalized spacial score (nSPS) is 11.0. The molecule has 2 rings (SSSR count). The molecule has 1 heterocycles. The van der Waals surface area contributed by atoms with Crippen molar-refractivity contribution in [3.8, 4) is 11.4 Å². The average molecular weight is 351 g/mol. The number of halogens is 4. The summed E-state index contributed by atoms with van der Waals surface area (Å²) in [5, 5.41) is 8.79. The van der Waals surface area contributed by atoms with Gasteiger partial charge < -0.3 is 15.2 Å². The smallest absolute Gasteiger partial charge is 0.329 e. The van der Waals surface area contributed by atoms with Gasteiger partial charge in [-0.2, -0.15) is 18.2 Å². The number of nitrogens with zero attached hydrogens (tertiary/aromatic N) is 2. The fourth-order valence-electron chi connectivity index (χ4n) is 1.62. The van der Waals surface area contributed by atoms with Crippen LogP contribution in [0.25, 0.3) is 11.4 Å². The van der Waals surface area contributed by atoms with Gasteiger partial charge in [0.1, 0.15) is 0 Å². The standard InChI is InChI=1S/C13H13F3N4O2.ClH/c1-17-7-6-10(21)18-9-4-2-8(3-5-9)11-19-12(22-20-11)13(14,15)16;/h2-5,17H,6-7H2,1H3,(H,18,21);1H. The molecule has 1 amide bonds. The molecule has 126 valence electrons. The highest BCUT2D eigenvalue weighted by Crippen LogP contribution is 2.29. The van der Waals surface area contributed by atoms with E-state index < -0.39 is 12.1 Å². The molecular weight excluding hydrogens is 337 g/mol. The van der Waals surface area contributed by atoms with Crippen LogP contribution >= 0.6 is 12.4 Å². The molecule has 2 aromatic rings. The van der Waals surface area contributed by atoms with Gasteiger partial charge >= 0.3 is 12.1 Å². The largest absolute Gasteiger partial charge is 0.471 e. The Morgan fingerprint density at radius 1 is 1.26 bits per heavy atom. The van der Waals surface area contributed by atoms with Crippen molar-refractivity contribution in [1.29, 1.82) is 0 Å². The third-order valence-corrected chi connectivity index (χ3v) is 2.70. The maximum atomic E-state index is 12.4. The van der Waals surface area contributed by atoms with Crippen LogP contribution in [0, 0.1) is 0 Å². The molecule has 0 radical (unpaired) electrons. The van der Waals surface area contributed by atoms with Gasteiger partial charge in [-0.3, -0.25) is 4.79 Å². The lowest BCUT2D eigenvalue weighted by molar-refractivity contribution is -0.159. The second-order valence-corrected chi connectivity index (χ2v) is 4.40. The Hall–Kier alpha value is -2.13. The molecule has 2 N–H and O–H groups in total. The Labute approximate surface area is 135 Å². The van der Waals surface area contributed by atoms with Crippen molar-refractivity contribution in [3.63, 3.8) is 0 Å². The molecule has 0 spiro atoms. The van der Waals surface area contributed by atoms with E-state index in [1.54, 1.807) is 19.2 Å². The summed E-state index contributed by atoms with van der Waals surface area (Å²) >= 11 is 0. The van der Waals surface area contributed by atoms with Gasteiger partial charge in [0.25, 0.3) is 0 Å². The fraction of sp³-hybridized carbons (Fsp3) is 0.308. The Balaban J connectivity index is 0.00000264. The molecule has 1 aromatic carbocycles. The summed E-state index contributed by atoms with van der Waals surface area (Å²) in [6.45, 7) is 0.549. The van der Waals surface area contributed by atoms with Crippen LogP contribution in [0.15, 0.2) is 28.8 Å². The molecule has 0 aliphatic rings. The summed E-state index contributed by atoms with van der Waals surface area (Å²) in [6.07, 6.45) is -4.36. The zero-order chi connectivity index (χ0) is 16.2. The number of carbonyl (C=O) groups excluding carboxylic acids is 1. The highest BCUT2D eigenvalue weighted by atomic mass is 35.5. The minimum absolute atomic E-state index is 0. The first kappa shape index (κ1) is 18.9. The van der Waals surface area contributed by atoms with Gasteiger partial charge in [0, 0.05) is 24.2 Å². The molecule has 1 aromatic heterocycles. The van der Waals surface area contributed by atoms with Crippen molar-refractivity contribution < 1.29 is 22.5 Å². The number of rotatable bonds is 5. The second-order valence-electron chi connectivity index (χ2n) is 4.40. The predicted molar refractivity (Wildman–Crippen MR) is 79.2 cm³/mol. The van der Waals surface area contributed by atoms with E-state index in [2.05, 4.69) is 25.3 Å². The monoisotopic (exact) mass is 350 g/mol. The number of hydrogen-bond acceptors (Lipinski definition) is 5. The first-order valence-corrected chi connectivity index (χ1v) is 6.36. The van der Waals surface area contributed by atoms with Crippen molar-refractivity contribution in [2.45, 2.75) is 12.6 Å². The Bertz CT molecular complexity index is 643. The highest BCUT2D eigenvalue weighted by molar-refractivity contribution is 5.91. The lowest BCUT2D eigenvalue weighted by Crippen LogP contribution is -2.18. The van der Waals surface area contributed by atoms with E-state index in [1.165, 1.54) is 12.1 Å². The summed E-state index contributed by atoms with van der Waals surface area (Å²) in [5.74, 6) is -1.73. The second kappa shape index (κ2) is 7.93. The number of anilines is 1. The van der Waals surface area contributed by atoms with Crippen molar-refractivity contribution >= 4 is 24.0 Å². The van der Waals surface area contributed by atoms with E-state index in [9.17, 15) is 18.0 Å². The lowest BCUT2D eigenvalue weighted by atomic mass is 10.2. The summed E-state index contributed by atoms with van der Waals surface area (Å²) in [5.41, 5.74) is 0.886. The number of hydrogen-bond donors (Lipinski definition) is 2. The minimum Gasteiger partial charge on any atom is -0.329 e. The van der Waals surface area contributed by atoms with Gasteiger partial charge in [0.2, 0.25) is 11.7 Å². The van der Waals surface area contributed by atoms with E-state index in [0.29, 0.717) is 24.2 Å². The zero-order valence-electron chi connectivity index (χ0n) is 12.0. The van der Waals surface area contributed by atoms with Crippen LogP contribution in [-0.2, 0) is 11.0 Å². The van der Waals surface area contributed by atoms with Crippen LogP contribution in [-0.4, -0.2) is 29.6 Å². The molecule has 0 atom stereocenters. The van der Waals surface area contributed by atoms with Crippen LogP contribution < -0.4 is 10.6 Å². The van der Waals surface area contributed by atoms with Gasteiger partial charge in [-0.05, 0) is 31.3 Å². The van der Waals surface area contributed by atoms with Crippen molar-refractivity contribution in [2.24, 2.45) is 0 Å². The van der Waals surface area contributed by atoms with Crippen molar-refractivity contribution in [2.75, 3.05) is 18.9 Å². The molecule has 0 saturated carbocycles. The quantitative estimate of drug-likeness (QED) is 0.866. The van der Waals surface area contributed by atoms with Crippen molar-refractivity contribution in [3.05, 3.63) is 30.2 Å². The maximum Gasteiger partial charge on any atom is 0.471 e. The molecule has 10 heteroatoms. The predicted octanol–water partition coefficient (Wildman–Crippen LogP) is 2.73. The van der Waals surface area contributed by atoms with Crippen LogP contribution in [0.3, 0.4) is 0 Å². The Kier molecular flexibility index (Phi) is 6.52. The Morgan fingerprint density at radius 3 is 2.43 bits per heavy atom. The van der Waals surface area contributed by atoms with E-state index in [1.807, 2.05) is 0 Å². The van der Waals surface area contributed by atoms with E-state index in [-0.39, 0.29) is 24.1 Å². The fourth-order valence-corrected chi connectivity index (χ4v) is 1.62. The molecule has 0 saturated heterocycles. The highest BCUT2D eigenvalue weighted by Gasteiger charge is 2.38. The van der Waals surface area contributed by atoms with Crippen LogP contribution in [0.1, 0.15) is 12.3 Å². The SMILES string of the molecule is CNCCC(=O)Nc1ccc(-c2noc(C(F)(F)F)n2)cc1.Cl. The van der Waals surface area contributed by atoms with E-state index in [0.717, 1.165) is 0 Å². The number of carbonyl (C=O) groups is 1. The number of alkyl halides is 3. The first-order chi connectivity index (χ1) is 10.4. The van der Waals surface area contributed by atoms with Crippen LogP contribution in [0.2, 0.25) is 0 Å². The number of benzene rings is 1. The molecule has 0 aliphatic carbocycles. The number of aromatic nitrogens is 2. The molecule has 23 heavy (non-hydrogen) atoms.